The first-order chi connectivity index (χ1) is 8.78. The van der Waals surface area contributed by atoms with Gasteiger partial charge in [-0.25, -0.2) is 4.99 Å². The Hall–Kier alpha value is -2.43. The molecule has 0 saturated carbocycles. The molecule has 0 saturated heterocycles. The molecule has 94 valence electrons. The van der Waals surface area contributed by atoms with E-state index >= 15 is 0 Å². The van der Waals surface area contributed by atoms with Crippen LogP contribution in [-0.2, 0) is 6.54 Å². The number of furan rings is 1. The van der Waals surface area contributed by atoms with Crippen LogP contribution in [-0.4, -0.2) is 13.1 Å². The van der Waals surface area contributed by atoms with Crippen LogP contribution in [0.2, 0.25) is 0 Å². The molecule has 0 radical (unpaired) electrons. The zero-order valence-electron chi connectivity index (χ0n) is 10.1. The van der Waals surface area contributed by atoms with Crippen molar-refractivity contribution in [2.75, 3.05) is 12.4 Å². The van der Waals surface area contributed by atoms with Gasteiger partial charge in [-0.2, -0.15) is 0 Å². The van der Waals surface area contributed by atoms with Crippen LogP contribution in [0.4, 0.5) is 5.69 Å². The van der Waals surface area contributed by atoms with Crippen molar-refractivity contribution >= 4 is 11.6 Å². The molecule has 0 aliphatic rings. The van der Waals surface area contributed by atoms with Crippen molar-refractivity contribution < 1.29 is 9.15 Å². The Morgan fingerprint density at radius 3 is 2.72 bits per heavy atom. The molecule has 0 aliphatic heterocycles. The van der Waals surface area contributed by atoms with Gasteiger partial charge in [0.2, 0.25) is 0 Å². The van der Waals surface area contributed by atoms with Crippen LogP contribution in [0, 0.1) is 0 Å². The number of hydrogen-bond donors (Lipinski definition) is 2. The van der Waals surface area contributed by atoms with E-state index in [1.165, 1.54) is 0 Å². The summed E-state index contributed by atoms with van der Waals surface area (Å²) in [5.74, 6) is 1.91. The molecule has 2 aromatic rings. The van der Waals surface area contributed by atoms with Crippen LogP contribution in [0.5, 0.6) is 5.75 Å². The van der Waals surface area contributed by atoms with Crippen molar-refractivity contribution in [2.24, 2.45) is 10.7 Å². The molecule has 2 rings (SSSR count). The highest BCUT2D eigenvalue weighted by Crippen LogP contribution is 2.14. The lowest BCUT2D eigenvalue weighted by molar-refractivity contribution is 0.415. The molecule has 0 aliphatic carbocycles. The van der Waals surface area contributed by atoms with Crippen LogP contribution in [0.3, 0.4) is 0 Å². The van der Waals surface area contributed by atoms with Crippen molar-refractivity contribution in [3.05, 3.63) is 48.4 Å². The Morgan fingerprint density at radius 1 is 1.33 bits per heavy atom. The summed E-state index contributed by atoms with van der Waals surface area (Å²) in [5, 5.41) is 2.99. The first-order valence-electron chi connectivity index (χ1n) is 5.51. The lowest BCUT2D eigenvalue weighted by Gasteiger charge is -2.06. The van der Waals surface area contributed by atoms with Gasteiger partial charge in [0.1, 0.15) is 18.1 Å². The third-order valence-electron chi connectivity index (χ3n) is 2.35. The lowest BCUT2D eigenvalue weighted by atomic mass is 10.3. The van der Waals surface area contributed by atoms with Crippen molar-refractivity contribution in [1.29, 1.82) is 0 Å². The molecule has 1 aromatic heterocycles. The van der Waals surface area contributed by atoms with E-state index in [0.29, 0.717) is 12.5 Å². The fourth-order valence-corrected chi connectivity index (χ4v) is 1.43. The first-order valence-corrected chi connectivity index (χ1v) is 5.51. The second-order valence-electron chi connectivity index (χ2n) is 3.63. The number of benzene rings is 1. The van der Waals surface area contributed by atoms with Gasteiger partial charge in [0.25, 0.3) is 0 Å². The summed E-state index contributed by atoms with van der Waals surface area (Å²) in [6.45, 7) is 0.419. The maximum atomic E-state index is 5.76. The minimum absolute atomic E-state index is 0.344. The molecular formula is C13H15N3O2. The van der Waals surface area contributed by atoms with Gasteiger partial charge < -0.3 is 20.2 Å². The zero-order valence-corrected chi connectivity index (χ0v) is 10.1. The minimum Gasteiger partial charge on any atom is -0.497 e. The average molecular weight is 245 g/mol. The van der Waals surface area contributed by atoms with E-state index in [2.05, 4.69) is 10.3 Å². The number of ether oxygens (including phenoxy) is 1. The smallest absolute Gasteiger partial charge is 0.193 e. The number of aliphatic imine (C=N–C) groups is 1. The predicted octanol–water partition coefficient (Wildman–Crippen LogP) is 2.21. The largest absolute Gasteiger partial charge is 0.497 e. The van der Waals surface area contributed by atoms with Crippen LogP contribution < -0.4 is 15.8 Å². The average Bonchev–Trinajstić information content (AvgIpc) is 2.90. The van der Waals surface area contributed by atoms with Crippen LogP contribution >= 0.6 is 0 Å². The lowest BCUT2D eigenvalue weighted by Crippen LogP contribution is -2.22. The number of hydrogen-bond acceptors (Lipinski definition) is 3. The van der Waals surface area contributed by atoms with E-state index in [9.17, 15) is 0 Å². The van der Waals surface area contributed by atoms with Gasteiger partial charge >= 0.3 is 0 Å². The van der Waals surface area contributed by atoms with Crippen molar-refractivity contribution in [3.8, 4) is 5.75 Å². The minimum atomic E-state index is 0.344. The molecule has 0 bridgehead atoms. The van der Waals surface area contributed by atoms with E-state index in [4.69, 9.17) is 14.9 Å². The van der Waals surface area contributed by atoms with Crippen molar-refractivity contribution in [3.63, 3.8) is 0 Å². The Morgan fingerprint density at radius 2 is 2.11 bits per heavy atom. The Labute approximate surface area is 105 Å². The van der Waals surface area contributed by atoms with Gasteiger partial charge in [0.15, 0.2) is 5.96 Å². The number of anilines is 1. The standard InChI is InChI=1S/C13H15N3O2/c1-17-11-6-4-10(5-7-11)16-13(14)15-9-12-3-2-8-18-12/h2-8H,9H2,1H3,(H3,14,15,16). The molecule has 1 aromatic carbocycles. The summed E-state index contributed by atoms with van der Waals surface area (Å²) in [5.41, 5.74) is 6.62. The second kappa shape index (κ2) is 5.77. The van der Waals surface area contributed by atoms with E-state index in [1.807, 2.05) is 36.4 Å². The topological polar surface area (TPSA) is 72.8 Å². The fraction of sp³-hybridized carbons (Fsp3) is 0.154. The molecule has 0 spiro atoms. The maximum absolute atomic E-state index is 5.76. The third kappa shape index (κ3) is 3.28. The molecule has 18 heavy (non-hydrogen) atoms. The molecule has 1 heterocycles. The predicted molar refractivity (Wildman–Crippen MR) is 70.7 cm³/mol. The van der Waals surface area contributed by atoms with Gasteiger partial charge in [-0.3, -0.25) is 0 Å². The number of rotatable bonds is 4. The quantitative estimate of drug-likeness (QED) is 0.640. The maximum Gasteiger partial charge on any atom is 0.193 e. The van der Waals surface area contributed by atoms with Crippen molar-refractivity contribution in [2.45, 2.75) is 6.54 Å². The normalized spacial score (nSPS) is 11.3. The fourth-order valence-electron chi connectivity index (χ4n) is 1.43. The SMILES string of the molecule is COc1ccc(NC(N)=NCc2ccco2)cc1. The highest BCUT2D eigenvalue weighted by Gasteiger charge is 1.97. The molecule has 0 atom stereocenters. The third-order valence-corrected chi connectivity index (χ3v) is 2.35. The highest BCUT2D eigenvalue weighted by molar-refractivity contribution is 5.92. The van der Waals surface area contributed by atoms with E-state index < -0.39 is 0 Å². The first kappa shape index (κ1) is 12.0. The molecule has 5 heteroatoms. The number of nitrogens with two attached hydrogens (primary N) is 1. The van der Waals surface area contributed by atoms with Crippen molar-refractivity contribution in [1.82, 2.24) is 0 Å². The van der Waals surface area contributed by atoms with Crippen LogP contribution in [0.15, 0.2) is 52.1 Å². The summed E-state index contributed by atoms with van der Waals surface area (Å²) < 4.78 is 10.2. The van der Waals surface area contributed by atoms with Gasteiger partial charge in [-0.05, 0) is 36.4 Å². The zero-order chi connectivity index (χ0) is 12.8. The number of nitrogens with one attached hydrogen (secondary N) is 1. The van der Waals surface area contributed by atoms with Crippen LogP contribution in [0.25, 0.3) is 0 Å². The van der Waals surface area contributed by atoms with Gasteiger partial charge in [0.05, 0.1) is 13.4 Å². The van der Waals surface area contributed by atoms with Crippen LogP contribution in [0.1, 0.15) is 5.76 Å². The van der Waals surface area contributed by atoms with Gasteiger partial charge in [-0.1, -0.05) is 0 Å². The molecule has 3 N–H and O–H groups in total. The highest BCUT2D eigenvalue weighted by atomic mass is 16.5. The summed E-state index contributed by atoms with van der Waals surface area (Å²) in [4.78, 5) is 4.16. The molecule has 0 fully saturated rings. The summed E-state index contributed by atoms with van der Waals surface area (Å²) >= 11 is 0. The van der Waals surface area contributed by atoms with E-state index in [-0.39, 0.29) is 0 Å². The molecule has 0 amide bonds. The summed E-state index contributed by atoms with van der Waals surface area (Å²) in [7, 11) is 1.63. The number of methoxy groups -OCH3 is 1. The number of guanidine groups is 1. The molecular weight excluding hydrogens is 230 g/mol. The Bertz CT molecular complexity index is 504. The van der Waals surface area contributed by atoms with E-state index in [1.54, 1.807) is 13.4 Å². The number of nitrogens with zero attached hydrogens (tertiary/aromatic N) is 1. The van der Waals surface area contributed by atoms with Gasteiger partial charge in [0, 0.05) is 5.69 Å². The monoisotopic (exact) mass is 245 g/mol. The summed E-state index contributed by atoms with van der Waals surface area (Å²) in [6, 6.07) is 11.1. The Balaban J connectivity index is 1.93. The Kier molecular flexibility index (Phi) is 3.86. The van der Waals surface area contributed by atoms with E-state index in [0.717, 1.165) is 17.2 Å². The molecule has 0 unspecified atom stereocenters. The summed E-state index contributed by atoms with van der Waals surface area (Å²) in [6.07, 6.45) is 1.61. The van der Waals surface area contributed by atoms with Gasteiger partial charge in [-0.15, -0.1) is 0 Å². The molecule has 5 nitrogen and oxygen atoms in total. The second-order valence-corrected chi connectivity index (χ2v) is 3.63.